The fourth-order valence-electron chi connectivity index (χ4n) is 2.78. The van der Waals surface area contributed by atoms with Crippen molar-refractivity contribution in [2.75, 3.05) is 5.32 Å². The third kappa shape index (κ3) is 4.46. The van der Waals surface area contributed by atoms with Gasteiger partial charge in [-0.15, -0.1) is 24.0 Å². The molecule has 5 heteroatoms. The van der Waals surface area contributed by atoms with E-state index in [4.69, 9.17) is 11.6 Å². The van der Waals surface area contributed by atoms with Gasteiger partial charge < -0.3 is 16.1 Å². The van der Waals surface area contributed by atoms with E-state index >= 15 is 0 Å². The lowest BCUT2D eigenvalue weighted by molar-refractivity contribution is 0.343. The van der Waals surface area contributed by atoms with Gasteiger partial charge in [-0.1, -0.05) is 56.3 Å². The molecule has 0 fully saturated rings. The number of hydrogen-bond donors (Lipinski definition) is 3. The van der Waals surface area contributed by atoms with Gasteiger partial charge in [0, 0.05) is 29.4 Å². The van der Waals surface area contributed by atoms with Gasteiger partial charge in [-0.25, -0.2) is 5.84 Å². The Morgan fingerprint density at radius 3 is 2.16 bits per heavy atom. The number of nitrogens with one attached hydrogen (secondary N) is 1. The molecule has 0 saturated heterocycles. The zero-order chi connectivity index (χ0) is 17.7. The first kappa shape index (κ1) is 21.3. The largest absolute Gasteiger partial charge is 0.396 e. The standard InChI is InChI=1S/C18H22N4.C2H6.HI/c1-12(2)22(20)18-14-8-4-3-7-13(14)11-21-16-10-6-5-9-15(16)17(18)19;1-2;/h3-10,12,21H,11,19-20H2,1-2H3;1-2H3;1H/b18-17-;;. The van der Waals surface area contributed by atoms with E-state index < -0.39 is 0 Å². The highest BCUT2D eigenvalue weighted by Crippen LogP contribution is 2.33. The maximum absolute atomic E-state index is 6.53. The molecular formula is C20H29IN4. The molecule has 0 aromatic heterocycles. The van der Waals surface area contributed by atoms with Crippen LogP contribution >= 0.6 is 24.0 Å². The number of benzene rings is 2. The van der Waals surface area contributed by atoms with Crippen LogP contribution in [-0.4, -0.2) is 11.1 Å². The van der Waals surface area contributed by atoms with E-state index in [-0.39, 0.29) is 30.0 Å². The normalized spacial score (nSPS) is 15.3. The highest BCUT2D eigenvalue weighted by molar-refractivity contribution is 14.0. The molecule has 136 valence electrons. The third-order valence-corrected chi connectivity index (χ3v) is 4.03. The van der Waals surface area contributed by atoms with Gasteiger partial charge in [0.25, 0.3) is 0 Å². The van der Waals surface area contributed by atoms with E-state index in [1.807, 2.05) is 50.2 Å². The van der Waals surface area contributed by atoms with Crippen molar-refractivity contribution in [3.05, 3.63) is 65.2 Å². The van der Waals surface area contributed by atoms with Crippen LogP contribution in [0.1, 0.15) is 44.4 Å². The molecule has 3 rings (SSSR count). The molecule has 0 unspecified atom stereocenters. The zero-order valence-electron chi connectivity index (χ0n) is 15.4. The summed E-state index contributed by atoms with van der Waals surface area (Å²) in [6.45, 7) is 8.87. The summed E-state index contributed by atoms with van der Waals surface area (Å²) < 4.78 is 0. The highest BCUT2D eigenvalue weighted by atomic mass is 127. The lowest BCUT2D eigenvalue weighted by atomic mass is 9.96. The van der Waals surface area contributed by atoms with Crippen molar-refractivity contribution in [2.24, 2.45) is 11.6 Å². The molecule has 0 aliphatic carbocycles. The van der Waals surface area contributed by atoms with Gasteiger partial charge in [0.2, 0.25) is 0 Å². The minimum atomic E-state index is 0. The first-order valence-electron chi connectivity index (χ1n) is 8.55. The quantitative estimate of drug-likeness (QED) is 0.353. The van der Waals surface area contributed by atoms with Crippen LogP contribution in [0.15, 0.2) is 48.5 Å². The predicted octanol–water partition coefficient (Wildman–Crippen LogP) is 4.62. The summed E-state index contributed by atoms with van der Waals surface area (Å²) in [5, 5.41) is 5.23. The zero-order valence-corrected chi connectivity index (χ0v) is 17.7. The Morgan fingerprint density at radius 2 is 1.52 bits per heavy atom. The summed E-state index contributed by atoms with van der Waals surface area (Å²) in [5.74, 6) is 6.35. The number of hydrogen-bond acceptors (Lipinski definition) is 4. The smallest absolute Gasteiger partial charge is 0.0832 e. The number of para-hydroxylation sites is 1. The Balaban J connectivity index is 0.00000101. The van der Waals surface area contributed by atoms with Crippen LogP contribution in [0.4, 0.5) is 5.69 Å². The van der Waals surface area contributed by atoms with Crippen LogP contribution in [0, 0.1) is 0 Å². The van der Waals surface area contributed by atoms with E-state index in [1.165, 1.54) is 5.56 Å². The molecule has 0 bridgehead atoms. The molecular weight excluding hydrogens is 423 g/mol. The Labute approximate surface area is 168 Å². The lowest BCUT2D eigenvalue weighted by Crippen LogP contribution is -2.37. The number of nitrogens with two attached hydrogens (primary N) is 2. The van der Waals surface area contributed by atoms with Crippen molar-refractivity contribution in [3.63, 3.8) is 0 Å². The SMILES string of the molecule is CC.CC(C)N(N)/C1=C(\N)c2ccccc2NCc2ccccc21.I. The van der Waals surface area contributed by atoms with Crippen molar-refractivity contribution in [2.45, 2.75) is 40.3 Å². The Bertz CT molecular complexity index is 725. The molecule has 4 nitrogen and oxygen atoms in total. The Kier molecular flexibility index (Phi) is 8.25. The molecule has 1 heterocycles. The first-order chi connectivity index (χ1) is 11.6. The summed E-state index contributed by atoms with van der Waals surface area (Å²) in [6.07, 6.45) is 0. The van der Waals surface area contributed by atoms with E-state index in [0.29, 0.717) is 5.70 Å². The number of rotatable bonds is 2. The van der Waals surface area contributed by atoms with Crippen molar-refractivity contribution < 1.29 is 0 Å². The average Bonchev–Trinajstić information content (AvgIpc) is 2.61. The van der Waals surface area contributed by atoms with Gasteiger partial charge >= 0.3 is 0 Å². The molecule has 2 aromatic carbocycles. The minimum Gasteiger partial charge on any atom is -0.396 e. The molecule has 0 radical (unpaired) electrons. The first-order valence-corrected chi connectivity index (χ1v) is 8.55. The van der Waals surface area contributed by atoms with Gasteiger partial charge in [-0.3, -0.25) is 0 Å². The average molecular weight is 452 g/mol. The monoisotopic (exact) mass is 452 g/mol. The molecule has 1 aliphatic heterocycles. The topological polar surface area (TPSA) is 67.3 Å². The van der Waals surface area contributed by atoms with Crippen LogP contribution in [0.25, 0.3) is 11.4 Å². The Morgan fingerprint density at radius 1 is 0.960 bits per heavy atom. The van der Waals surface area contributed by atoms with Crippen LogP contribution in [0.5, 0.6) is 0 Å². The van der Waals surface area contributed by atoms with Gasteiger partial charge in [0.15, 0.2) is 0 Å². The molecule has 5 N–H and O–H groups in total. The number of nitrogens with zero attached hydrogens (tertiary/aromatic N) is 1. The second-order valence-electron chi connectivity index (χ2n) is 5.82. The van der Waals surface area contributed by atoms with Crippen LogP contribution < -0.4 is 16.9 Å². The summed E-state index contributed by atoms with van der Waals surface area (Å²) >= 11 is 0. The molecule has 2 aromatic rings. The molecule has 25 heavy (non-hydrogen) atoms. The maximum atomic E-state index is 6.53. The molecule has 0 atom stereocenters. The molecule has 0 saturated carbocycles. The van der Waals surface area contributed by atoms with E-state index in [2.05, 4.69) is 31.3 Å². The maximum Gasteiger partial charge on any atom is 0.0832 e. The van der Waals surface area contributed by atoms with E-state index in [1.54, 1.807) is 5.01 Å². The van der Waals surface area contributed by atoms with Crippen LogP contribution in [0.3, 0.4) is 0 Å². The van der Waals surface area contributed by atoms with Gasteiger partial charge in [-0.05, 0) is 25.5 Å². The second kappa shape index (κ2) is 9.68. The fraction of sp³-hybridized carbons (Fsp3) is 0.300. The van der Waals surface area contributed by atoms with Gasteiger partial charge in [-0.2, -0.15) is 0 Å². The number of fused-ring (bicyclic) bond motifs is 2. The predicted molar refractivity (Wildman–Crippen MR) is 119 cm³/mol. The highest BCUT2D eigenvalue weighted by Gasteiger charge is 2.22. The van der Waals surface area contributed by atoms with Gasteiger partial charge in [0.05, 0.1) is 11.4 Å². The van der Waals surface area contributed by atoms with Crippen molar-refractivity contribution in [1.29, 1.82) is 0 Å². The molecule has 0 amide bonds. The van der Waals surface area contributed by atoms with Crippen molar-refractivity contribution in [1.82, 2.24) is 5.01 Å². The van der Waals surface area contributed by atoms with E-state index in [0.717, 1.165) is 29.1 Å². The van der Waals surface area contributed by atoms with Crippen molar-refractivity contribution >= 4 is 41.1 Å². The molecule has 0 spiro atoms. The van der Waals surface area contributed by atoms with E-state index in [9.17, 15) is 0 Å². The summed E-state index contributed by atoms with van der Waals surface area (Å²) in [4.78, 5) is 0. The third-order valence-electron chi connectivity index (χ3n) is 4.03. The number of anilines is 1. The summed E-state index contributed by atoms with van der Waals surface area (Å²) in [7, 11) is 0. The fourth-order valence-corrected chi connectivity index (χ4v) is 2.78. The van der Waals surface area contributed by atoms with Crippen LogP contribution in [0.2, 0.25) is 0 Å². The van der Waals surface area contributed by atoms with Crippen molar-refractivity contribution in [3.8, 4) is 0 Å². The number of halogens is 1. The Hall–Kier alpha value is -1.73. The second-order valence-corrected chi connectivity index (χ2v) is 5.82. The minimum absolute atomic E-state index is 0. The van der Waals surface area contributed by atoms with Gasteiger partial charge in [0.1, 0.15) is 0 Å². The lowest BCUT2D eigenvalue weighted by Gasteiger charge is -2.31. The summed E-state index contributed by atoms with van der Waals surface area (Å²) in [5.41, 5.74) is 12.4. The molecule has 1 aliphatic rings. The summed E-state index contributed by atoms with van der Waals surface area (Å²) in [6, 6.07) is 16.5. The number of hydrazine groups is 1. The van der Waals surface area contributed by atoms with Crippen LogP contribution in [-0.2, 0) is 6.54 Å².